The van der Waals surface area contributed by atoms with Gasteiger partial charge in [0.2, 0.25) is 0 Å². The number of rotatable bonds is 1. The van der Waals surface area contributed by atoms with E-state index < -0.39 is 5.56 Å². The summed E-state index contributed by atoms with van der Waals surface area (Å²) < 4.78 is 0. The van der Waals surface area contributed by atoms with E-state index in [4.69, 9.17) is 0 Å². The van der Waals surface area contributed by atoms with Gasteiger partial charge in [-0.2, -0.15) is 0 Å². The van der Waals surface area contributed by atoms with Crippen molar-refractivity contribution in [1.82, 2.24) is 9.97 Å². The quantitative estimate of drug-likeness (QED) is 0.680. The van der Waals surface area contributed by atoms with Crippen LogP contribution in [0.1, 0.15) is 16.1 Å². The largest absolute Gasteiger partial charge is 0.319 e. The van der Waals surface area contributed by atoms with Gasteiger partial charge in [-0.25, -0.2) is 4.98 Å². The zero-order valence-electron chi connectivity index (χ0n) is 7.57. The first-order valence-electron chi connectivity index (χ1n) is 4.16. The highest BCUT2D eigenvalue weighted by atomic mass is 16.1. The minimum atomic E-state index is -0.448. The van der Waals surface area contributed by atoms with E-state index in [-0.39, 0.29) is 5.69 Å². The number of aromatic amines is 1. The first-order valence-corrected chi connectivity index (χ1v) is 4.16. The van der Waals surface area contributed by atoms with Crippen molar-refractivity contribution in [2.24, 2.45) is 0 Å². The van der Waals surface area contributed by atoms with Gasteiger partial charge in [0.1, 0.15) is 0 Å². The average Bonchev–Trinajstić information content (AvgIpc) is 2.17. The van der Waals surface area contributed by atoms with Crippen molar-refractivity contribution in [2.45, 2.75) is 6.92 Å². The molecule has 0 saturated carbocycles. The molecule has 0 atom stereocenters. The number of hydrogen-bond acceptors (Lipinski definition) is 3. The topological polar surface area (TPSA) is 62.8 Å². The minimum absolute atomic E-state index is 0.0805. The molecule has 0 aliphatic carbocycles. The third kappa shape index (κ3) is 1.31. The fourth-order valence-corrected chi connectivity index (χ4v) is 1.29. The van der Waals surface area contributed by atoms with E-state index >= 15 is 0 Å². The van der Waals surface area contributed by atoms with Crippen molar-refractivity contribution in [1.29, 1.82) is 0 Å². The highest BCUT2D eigenvalue weighted by molar-refractivity contribution is 5.79. The SMILES string of the molecule is Cc1ccc2[nH]c(=O)c(C=O)nc2c1. The molecule has 0 fully saturated rings. The monoisotopic (exact) mass is 188 g/mol. The van der Waals surface area contributed by atoms with Crippen LogP contribution in [0.25, 0.3) is 11.0 Å². The summed E-state index contributed by atoms with van der Waals surface area (Å²) in [6.45, 7) is 1.92. The van der Waals surface area contributed by atoms with Crippen LogP contribution in [0.2, 0.25) is 0 Å². The molecule has 0 aliphatic rings. The Hall–Kier alpha value is -1.97. The minimum Gasteiger partial charge on any atom is -0.319 e. The molecule has 4 heteroatoms. The van der Waals surface area contributed by atoms with Gasteiger partial charge in [0.05, 0.1) is 11.0 Å². The van der Waals surface area contributed by atoms with Gasteiger partial charge >= 0.3 is 0 Å². The molecule has 0 saturated heterocycles. The number of benzene rings is 1. The van der Waals surface area contributed by atoms with Crippen molar-refractivity contribution in [3.8, 4) is 0 Å². The maximum absolute atomic E-state index is 11.2. The Morgan fingerprint density at radius 3 is 2.93 bits per heavy atom. The molecular weight excluding hydrogens is 180 g/mol. The molecule has 1 N–H and O–H groups in total. The lowest BCUT2D eigenvalue weighted by atomic mass is 10.2. The molecule has 0 aliphatic heterocycles. The summed E-state index contributed by atoms with van der Waals surface area (Å²) in [6.07, 6.45) is 0.459. The molecule has 0 radical (unpaired) electrons. The summed E-state index contributed by atoms with van der Waals surface area (Å²) in [7, 11) is 0. The molecule has 0 unspecified atom stereocenters. The Kier molecular flexibility index (Phi) is 1.89. The molecule has 0 spiro atoms. The lowest BCUT2D eigenvalue weighted by Crippen LogP contribution is -2.14. The Bertz CT molecular complexity index is 558. The van der Waals surface area contributed by atoms with Gasteiger partial charge in [-0.05, 0) is 24.6 Å². The first kappa shape index (κ1) is 8.62. The van der Waals surface area contributed by atoms with Crippen molar-refractivity contribution in [2.75, 3.05) is 0 Å². The Morgan fingerprint density at radius 1 is 1.43 bits per heavy atom. The van der Waals surface area contributed by atoms with Crippen LogP contribution in [-0.4, -0.2) is 16.3 Å². The highest BCUT2D eigenvalue weighted by Crippen LogP contribution is 2.09. The number of aldehydes is 1. The van der Waals surface area contributed by atoms with Crippen molar-refractivity contribution in [3.05, 3.63) is 39.8 Å². The molecular formula is C10H8N2O2. The van der Waals surface area contributed by atoms with Gasteiger partial charge in [-0.15, -0.1) is 0 Å². The fourth-order valence-electron chi connectivity index (χ4n) is 1.29. The molecule has 0 bridgehead atoms. The van der Waals surface area contributed by atoms with Gasteiger partial charge in [0.25, 0.3) is 5.56 Å². The number of H-pyrrole nitrogens is 1. The number of carbonyl (C=O) groups is 1. The van der Waals surface area contributed by atoms with Crippen molar-refractivity contribution >= 4 is 17.3 Å². The summed E-state index contributed by atoms with van der Waals surface area (Å²) in [5.74, 6) is 0. The number of aryl methyl sites for hydroxylation is 1. The summed E-state index contributed by atoms with van der Waals surface area (Å²) in [5.41, 5.74) is 1.78. The Labute approximate surface area is 79.6 Å². The Balaban J connectivity index is 2.86. The number of nitrogens with one attached hydrogen (secondary N) is 1. The number of nitrogens with zero attached hydrogens (tertiary/aromatic N) is 1. The van der Waals surface area contributed by atoms with E-state index in [0.29, 0.717) is 17.3 Å². The van der Waals surface area contributed by atoms with Gasteiger partial charge in [0, 0.05) is 0 Å². The third-order valence-corrected chi connectivity index (χ3v) is 1.99. The van der Waals surface area contributed by atoms with E-state index in [1.165, 1.54) is 0 Å². The zero-order valence-corrected chi connectivity index (χ0v) is 7.57. The van der Waals surface area contributed by atoms with Crippen molar-refractivity contribution < 1.29 is 4.79 Å². The molecule has 1 aromatic carbocycles. The van der Waals surface area contributed by atoms with E-state index in [2.05, 4.69) is 9.97 Å². The van der Waals surface area contributed by atoms with Gasteiger partial charge in [-0.1, -0.05) is 6.07 Å². The third-order valence-electron chi connectivity index (χ3n) is 1.99. The molecule has 1 heterocycles. The number of aromatic nitrogens is 2. The van der Waals surface area contributed by atoms with Crippen molar-refractivity contribution in [3.63, 3.8) is 0 Å². The predicted octanol–water partition coefficient (Wildman–Crippen LogP) is 1.04. The normalized spacial score (nSPS) is 10.4. The summed E-state index contributed by atoms with van der Waals surface area (Å²) in [4.78, 5) is 28.2. The standard InChI is InChI=1S/C10H8N2O2/c1-6-2-3-7-8(4-6)11-9(5-13)10(14)12-7/h2-5H,1H3,(H,12,14). The predicted molar refractivity (Wildman–Crippen MR) is 52.5 cm³/mol. The number of fused-ring (bicyclic) bond motifs is 1. The van der Waals surface area contributed by atoms with Crippen LogP contribution in [-0.2, 0) is 0 Å². The van der Waals surface area contributed by atoms with E-state index in [9.17, 15) is 9.59 Å². The summed E-state index contributed by atoms with van der Waals surface area (Å²) >= 11 is 0. The van der Waals surface area contributed by atoms with Gasteiger partial charge in [-0.3, -0.25) is 9.59 Å². The molecule has 2 rings (SSSR count). The van der Waals surface area contributed by atoms with Crippen LogP contribution in [0.5, 0.6) is 0 Å². The maximum atomic E-state index is 11.2. The Morgan fingerprint density at radius 2 is 2.21 bits per heavy atom. The van der Waals surface area contributed by atoms with Crippen LogP contribution >= 0.6 is 0 Å². The zero-order chi connectivity index (χ0) is 10.1. The number of carbonyl (C=O) groups excluding carboxylic acids is 1. The molecule has 70 valence electrons. The lowest BCUT2D eigenvalue weighted by molar-refractivity contribution is 0.111. The maximum Gasteiger partial charge on any atom is 0.277 e. The second kappa shape index (κ2) is 3.06. The van der Waals surface area contributed by atoms with Gasteiger partial charge < -0.3 is 4.98 Å². The summed E-state index contributed by atoms with van der Waals surface area (Å²) in [5, 5.41) is 0. The van der Waals surface area contributed by atoms with Crippen LogP contribution in [0, 0.1) is 6.92 Å². The molecule has 2 aromatic rings. The van der Waals surface area contributed by atoms with Crippen LogP contribution in [0.4, 0.5) is 0 Å². The van der Waals surface area contributed by atoms with Crippen LogP contribution in [0.15, 0.2) is 23.0 Å². The lowest BCUT2D eigenvalue weighted by Gasteiger charge is -1.98. The van der Waals surface area contributed by atoms with Crippen LogP contribution in [0.3, 0.4) is 0 Å². The second-order valence-corrected chi connectivity index (χ2v) is 3.09. The molecule has 1 aromatic heterocycles. The van der Waals surface area contributed by atoms with Gasteiger partial charge in [0.15, 0.2) is 12.0 Å². The first-order chi connectivity index (χ1) is 6.70. The van der Waals surface area contributed by atoms with E-state index in [0.717, 1.165) is 5.56 Å². The highest BCUT2D eigenvalue weighted by Gasteiger charge is 2.02. The molecule has 14 heavy (non-hydrogen) atoms. The number of hydrogen-bond donors (Lipinski definition) is 1. The summed E-state index contributed by atoms with van der Waals surface area (Å²) in [6, 6.07) is 5.46. The average molecular weight is 188 g/mol. The smallest absolute Gasteiger partial charge is 0.277 e. The van der Waals surface area contributed by atoms with E-state index in [1.807, 2.05) is 19.1 Å². The second-order valence-electron chi connectivity index (χ2n) is 3.09. The molecule has 0 amide bonds. The molecule has 4 nitrogen and oxygen atoms in total. The fraction of sp³-hybridized carbons (Fsp3) is 0.100. The van der Waals surface area contributed by atoms with E-state index in [1.54, 1.807) is 6.07 Å². The van der Waals surface area contributed by atoms with Crippen LogP contribution < -0.4 is 5.56 Å².